The van der Waals surface area contributed by atoms with Gasteiger partial charge in [-0.05, 0) is 57.1 Å². The predicted octanol–water partition coefficient (Wildman–Crippen LogP) is 4.23. The van der Waals surface area contributed by atoms with E-state index in [0.717, 1.165) is 42.3 Å². The van der Waals surface area contributed by atoms with Gasteiger partial charge in [-0.2, -0.15) is 9.50 Å². The molecular weight excluding hydrogens is 364 g/mol. The van der Waals surface area contributed by atoms with Gasteiger partial charge >= 0.3 is 0 Å². The highest BCUT2D eigenvalue weighted by Crippen LogP contribution is 2.41. The van der Waals surface area contributed by atoms with E-state index in [0.29, 0.717) is 16.5 Å². The Bertz CT molecular complexity index is 1060. The number of likely N-dealkylation sites (tertiary alicyclic amines) is 1. The number of hydrogen-bond acceptors (Lipinski definition) is 7. The van der Waals surface area contributed by atoms with E-state index in [1.807, 2.05) is 19.1 Å². The molecule has 7 nitrogen and oxygen atoms in total. The van der Waals surface area contributed by atoms with Gasteiger partial charge in [-0.1, -0.05) is 17.8 Å². The number of rotatable bonds is 4. The minimum absolute atomic E-state index is 0.116. The third-order valence-corrected chi connectivity index (χ3v) is 6.05. The minimum Gasteiger partial charge on any atom is -0.492 e. The van der Waals surface area contributed by atoms with Gasteiger partial charge in [0.05, 0.1) is 11.1 Å². The molecule has 0 radical (unpaired) electrons. The highest BCUT2D eigenvalue weighted by molar-refractivity contribution is 7.17. The van der Waals surface area contributed by atoms with E-state index in [1.165, 1.54) is 22.3 Å². The van der Waals surface area contributed by atoms with Crippen molar-refractivity contribution in [3.8, 4) is 17.5 Å². The number of nitrogens with zero attached hydrogens (tertiary/aromatic N) is 4. The maximum absolute atomic E-state index is 10.9. The van der Waals surface area contributed by atoms with Crippen LogP contribution in [0.5, 0.6) is 5.88 Å². The lowest BCUT2D eigenvalue weighted by atomic mass is 10.1. The average molecular weight is 384 g/mol. The molecule has 0 saturated carbocycles. The standard InChI is InChI=1S/C19H20N4O3S/c1-12-7-8-13(26-12)15(22-9-3-2-4-10-22)16-18(24)23-19(27-16)20-17(21-23)14-6-5-11-25-14/h5-8,11,15,24H,2-4,9-10H2,1H3. The zero-order valence-electron chi connectivity index (χ0n) is 15.0. The van der Waals surface area contributed by atoms with Gasteiger partial charge in [0.1, 0.15) is 17.6 Å². The van der Waals surface area contributed by atoms with Crippen molar-refractivity contribution in [3.05, 3.63) is 46.9 Å². The molecule has 0 spiro atoms. The maximum Gasteiger partial charge on any atom is 0.230 e. The lowest BCUT2D eigenvalue weighted by Gasteiger charge is -2.32. The van der Waals surface area contributed by atoms with Crippen LogP contribution >= 0.6 is 11.3 Å². The Balaban J connectivity index is 1.59. The number of hydrogen-bond donors (Lipinski definition) is 1. The zero-order valence-corrected chi connectivity index (χ0v) is 15.8. The molecule has 1 N–H and O–H groups in total. The molecule has 4 aromatic rings. The van der Waals surface area contributed by atoms with Crippen LogP contribution in [0.1, 0.15) is 41.7 Å². The van der Waals surface area contributed by atoms with Crippen LogP contribution in [-0.2, 0) is 0 Å². The SMILES string of the molecule is Cc1ccc(C(c2sc3nc(-c4ccco4)nn3c2O)N2CCCCC2)o1. The smallest absolute Gasteiger partial charge is 0.230 e. The Labute approximate surface area is 159 Å². The van der Waals surface area contributed by atoms with E-state index in [9.17, 15) is 5.11 Å². The second kappa shape index (κ2) is 6.54. The van der Waals surface area contributed by atoms with E-state index in [1.54, 1.807) is 18.4 Å². The molecule has 1 atom stereocenters. The zero-order chi connectivity index (χ0) is 18.4. The molecule has 1 fully saturated rings. The summed E-state index contributed by atoms with van der Waals surface area (Å²) in [5.41, 5.74) is 0. The first-order valence-electron chi connectivity index (χ1n) is 9.13. The molecule has 1 saturated heterocycles. The Hall–Kier alpha value is -2.58. The van der Waals surface area contributed by atoms with E-state index >= 15 is 0 Å². The predicted molar refractivity (Wildman–Crippen MR) is 101 cm³/mol. The molecule has 0 bridgehead atoms. The van der Waals surface area contributed by atoms with Gasteiger partial charge in [0.25, 0.3) is 0 Å². The Morgan fingerprint density at radius 2 is 2.04 bits per heavy atom. The van der Waals surface area contributed by atoms with Crippen molar-refractivity contribution < 1.29 is 13.9 Å². The minimum atomic E-state index is -0.125. The van der Waals surface area contributed by atoms with Crippen molar-refractivity contribution in [2.75, 3.05) is 13.1 Å². The van der Waals surface area contributed by atoms with Gasteiger partial charge in [0.2, 0.25) is 16.7 Å². The normalized spacial score (nSPS) is 16.9. The van der Waals surface area contributed by atoms with E-state index in [4.69, 9.17) is 8.83 Å². The molecule has 27 heavy (non-hydrogen) atoms. The number of aryl methyl sites for hydroxylation is 1. The highest BCUT2D eigenvalue weighted by Gasteiger charge is 2.32. The third kappa shape index (κ3) is 2.85. The Morgan fingerprint density at radius 3 is 2.70 bits per heavy atom. The first kappa shape index (κ1) is 16.6. The van der Waals surface area contributed by atoms with Crippen LogP contribution in [0, 0.1) is 6.92 Å². The summed E-state index contributed by atoms with van der Waals surface area (Å²) in [7, 11) is 0. The highest BCUT2D eigenvalue weighted by atomic mass is 32.1. The van der Waals surface area contributed by atoms with Crippen LogP contribution in [0.2, 0.25) is 0 Å². The summed E-state index contributed by atoms with van der Waals surface area (Å²) in [6, 6.07) is 7.44. The van der Waals surface area contributed by atoms with Gasteiger partial charge in [-0.15, -0.1) is 5.10 Å². The molecular formula is C19H20N4O3S. The lowest BCUT2D eigenvalue weighted by molar-refractivity contribution is 0.168. The van der Waals surface area contributed by atoms with Gasteiger partial charge < -0.3 is 13.9 Å². The molecule has 140 valence electrons. The number of piperidine rings is 1. The molecule has 0 aromatic carbocycles. The summed E-state index contributed by atoms with van der Waals surface area (Å²) in [5, 5.41) is 15.4. The molecule has 0 amide bonds. The van der Waals surface area contributed by atoms with Crippen LogP contribution < -0.4 is 0 Å². The van der Waals surface area contributed by atoms with Crippen LogP contribution in [0.15, 0.2) is 39.4 Å². The first-order chi connectivity index (χ1) is 13.2. The second-order valence-corrected chi connectivity index (χ2v) is 7.85. The topological polar surface area (TPSA) is 79.9 Å². The maximum atomic E-state index is 10.9. The van der Waals surface area contributed by atoms with Crippen LogP contribution in [0.3, 0.4) is 0 Å². The third-order valence-electron chi connectivity index (χ3n) is 4.98. The van der Waals surface area contributed by atoms with Gasteiger partial charge in [-0.3, -0.25) is 4.90 Å². The average Bonchev–Trinajstić information content (AvgIpc) is 3.44. The molecule has 1 aliphatic heterocycles. The van der Waals surface area contributed by atoms with E-state index in [-0.39, 0.29) is 11.9 Å². The van der Waals surface area contributed by atoms with Gasteiger partial charge in [0.15, 0.2) is 5.76 Å². The lowest BCUT2D eigenvalue weighted by Crippen LogP contribution is -2.33. The molecule has 4 aromatic heterocycles. The van der Waals surface area contributed by atoms with E-state index < -0.39 is 0 Å². The Kier molecular flexibility index (Phi) is 4.02. The number of fused-ring (bicyclic) bond motifs is 1. The molecule has 0 aliphatic carbocycles. The molecule has 8 heteroatoms. The van der Waals surface area contributed by atoms with Crippen molar-refractivity contribution in [2.45, 2.75) is 32.2 Å². The molecule has 1 unspecified atom stereocenters. The number of aromatic hydroxyl groups is 1. The summed E-state index contributed by atoms with van der Waals surface area (Å²) in [6.45, 7) is 3.90. The number of thiazole rings is 1. The van der Waals surface area contributed by atoms with Crippen molar-refractivity contribution in [1.82, 2.24) is 19.5 Å². The fourth-order valence-corrected chi connectivity index (χ4v) is 4.79. The van der Waals surface area contributed by atoms with Crippen molar-refractivity contribution in [1.29, 1.82) is 0 Å². The fourth-order valence-electron chi connectivity index (χ4n) is 3.69. The summed E-state index contributed by atoms with van der Waals surface area (Å²) in [5.74, 6) is 2.88. The fraction of sp³-hybridized carbons (Fsp3) is 0.368. The quantitative estimate of drug-likeness (QED) is 0.567. The number of furan rings is 2. The largest absolute Gasteiger partial charge is 0.492 e. The summed E-state index contributed by atoms with van der Waals surface area (Å²) < 4.78 is 12.8. The van der Waals surface area contributed by atoms with Crippen LogP contribution in [0.4, 0.5) is 0 Å². The van der Waals surface area contributed by atoms with Crippen molar-refractivity contribution >= 4 is 16.3 Å². The molecule has 5 heterocycles. The van der Waals surface area contributed by atoms with Crippen molar-refractivity contribution in [2.24, 2.45) is 0 Å². The molecule has 5 rings (SSSR count). The van der Waals surface area contributed by atoms with Gasteiger partial charge in [-0.25, -0.2) is 0 Å². The molecule has 1 aliphatic rings. The van der Waals surface area contributed by atoms with Crippen LogP contribution in [0.25, 0.3) is 16.5 Å². The number of aromatic nitrogens is 3. The van der Waals surface area contributed by atoms with Crippen molar-refractivity contribution in [3.63, 3.8) is 0 Å². The van der Waals surface area contributed by atoms with Crippen LogP contribution in [-0.4, -0.2) is 37.7 Å². The van der Waals surface area contributed by atoms with E-state index in [2.05, 4.69) is 15.0 Å². The summed E-state index contributed by atoms with van der Waals surface area (Å²) in [6.07, 6.45) is 5.14. The monoisotopic (exact) mass is 384 g/mol. The second-order valence-electron chi connectivity index (χ2n) is 6.84. The summed E-state index contributed by atoms with van der Waals surface area (Å²) in [4.78, 5) is 8.36. The Morgan fingerprint density at radius 1 is 1.19 bits per heavy atom. The van der Waals surface area contributed by atoms with Gasteiger partial charge in [0, 0.05) is 0 Å². The first-order valence-corrected chi connectivity index (χ1v) is 9.95. The summed E-state index contributed by atoms with van der Waals surface area (Å²) >= 11 is 1.44.